The molecule has 2 aromatic rings. The van der Waals surface area contributed by atoms with Gasteiger partial charge in [0.2, 0.25) is 10.0 Å². The summed E-state index contributed by atoms with van der Waals surface area (Å²) < 4.78 is 35.7. The first kappa shape index (κ1) is 20.1. The third kappa shape index (κ3) is 4.29. The maximum Gasteiger partial charge on any atom is 0.244 e. The van der Waals surface area contributed by atoms with Crippen LogP contribution in [0.5, 0.6) is 0 Å². The molecule has 7 nitrogen and oxygen atoms in total. The van der Waals surface area contributed by atoms with E-state index in [1.807, 2.05) is 18.2 Å². The molecule has 0 bridgehead atoms. The molecule has 1 fully saturated rings. The molecule has 148 valence electrons. The van der Waals surface area contributed by atoms with E-state index in [0.29, 0.717) is 18.9 Å². The monoisotopic (exact) mass is 412 g/mol. The van der Waals surface area contributed by atoms with Gasteiger partial charge in [-0.05, 0) is 55.4 Å². The van der Waals surface area contributed by atoms with Gasteiger partial charge in [0.05, 0.1) is 12.2 Å². The number of aryl methyl sites for hydroxylation is 1. The number of rotatable bonds is 4. The highest BCUT2D eigenvalue weighted by molar-refractivity contribution is 7.89. The van der Waals surface area contributed by atoms with Gasteiger partial charge in [0, 0.05) is 31.1 Å². The molecule has 1 unspecified atom stereocenters. The predicted octanol–water partition coefficient (Wildman–Crippen LogP) is 2.59. The van der Waals surface area contributed by atoms with E-state index in [4.69, 9.17) is 10.5 Å². The Hall–Kier alpha value is -1.61. The molecule has 0 radical (unpaired) electrons. The zero-order valence-electron chi connectivity index (χ0n) is 15.0. The maximum atomic E-state index is 12.9. The Labute approximate surface area is 165 Å². The van der Waals surface area contributed by atoms with E-state index in [-0.39, 0.29) is 29.4 Å². The molecule has 0 amide bonds. The number of benzene rings is 1. The Morgan fingerprint density at radius 2 is 2.00 bits per heavy atom. The third-order valence-electron chi connectivity index (χ3n) is 5.23. The van der Waals surface area contributed by atoms with Crippen molar-refractivity contribution in [1.82, 2.24) is 14.5 Å². The highest BCUT2D eigenvalue weighted by Crippen LogP contribution is 2.32. The SMILES string of the molecule is Cl.Nc1ccc2c(c1)CCCC2NS(=O)(=O)c1cnn(C2CCOCC2)c1. The van der Waals surface area contributed by atoms with E-state index < -0.39 is 10.0 Å². The molecular weight excluding hydrogens is 388 g/mol. The number of hydrogen-bond donors (Lipinski definition) is 2. The van der Waals surface area contributed by atoms with Crippen LogP contribution in [0.15, 0.2) is 35.5 Å². The minimum atomic E-state index is -3.63. The summed E-state index contributed by atoms with van der Waals surface area (Å²) in [5.41, 5.74) is 8.72. The lowest BCUT2D eigenvalue weighted by molar-refractivity contribution is 0.0662. The molecule has 27 heavy (non-hydrogen) atoms. The van der Waals surface area contributed by atoms with E-state index in [0.717, 1.165) is 43.2 Å². The first-order valence-electron chi connectivity index (χ1n) is 9.05. The van der Waals surface area contributed by atoms with Crippen molar-refractivity contribution in [3.63, 3.8) is 0 Å². The number of sulfonamides is 1. The molecule has 1 aliphatic carbocycles. The van der Waals surface area contributed by atoms with E-state index in [9.17, 15) is 8.42 Å². The summed E-state index contributed by atoms with van der Waals surface area (Å²) in [5.74, 6) is 0. The van der Waals surface area contributed by atoms with Crippen molar-refractivity contribution in [2.45, 2.75) is 49.1 Å². The Morgan fingerprint density at radius 1 is 1.22 bits per heavy atom. The fourth-order valence-corrected chi connectivity index (χ4v) is 5.01. The van der Waals surface area contributed by atoms with Crippen LogP contribution in [0, 0.1) is 0 Å². The molecule has 4 rings (SSSR count). The van der Waals surface area contributed by atoms with Crippen molar-refractivity contribution >= 4 is 28.1 Å². The molecule has 1 atom stereocenters. The quantitative estimate of drug-likeness (QED) is 0.752. The minimum absolute atomic E-state index is 0. The number of halogens is 1. The fourth-order valence-electron chi connectivity index (χ4n) is 3.82. The molecule has 9 heteroatoms. The largest absolute Gasteiger partial charge is 0.399 e. The molecule has 1 aromatic heterocycles. The summed E-state index contributed by atoms with van der Waals surface area (Å²) in [4.78, 5) is 0.214. The summed E-state index contributed by atoms with van der Waals surface area (Å²) in [6.07, 6.45) is 7.42. The van der Waals surface area contributed by atoms with Crippen LogP contribution >= 0.6 is 12.4 Å². The van der Waals surface area contributed by atoms with Gasteiger partial charge in [-0.3, -0.25) is 4.68 Å². The van der Waals surface area contributed by atoms with Crippen molar-refractivity contribution < 1.29 is 13.2 Å². The van der Waals surface area contributed by atoms with Gasteiger partial charge in [-0.1, -0.05) is 6.07 Å². The predicted molar refractivity (Wildman–Crippen MR) is 105 cm³/mol. The highest BCUT2D eigenvalue weighted by atomic mass is 35.5. The van der Waals surface area contributed by atoms with Gasteiger partial charge in [0.25, 0.3) is 0 Å². The molecule has 2 aliphatic rings. The fraction of sp³-hybridized carbons (Fsp3) is 0.500. The first-order valence-corrected chi connectivity index (χ1v) is 10.5. The van der Waals surface area contributed by atoms with Crippen LogP contribution in [0.2, 0.25) is 0 Å². The normalized spacial score (nSPS) is 20.7. The number of nitrogens with one attached hydrogen (secondary N) is 1. The van der Waals surface area contributed by atoms with Gasteiger partial charge in [-0.15, -0.1) is 12.4 Å². The van der Waals surface area contributed by atoms with Crippen molar-refractivity contribution in [3.05, 3.63) is 41.7 Å². The van der Waals surface area contributed by atoms with E-state index >= 15 is 0 Å². The van der Waals surface area contributed by atoms with Crippen molar-refractivity contribution in [2.24, 2.45) is 0 Å². The molecule has 1 aromatic carbocycles. The average molecular weight is 413 g/mol. The van der Waals surface area contributed by atoms with Crippen molar-refractivity contribution in [3.8, 4) is 0 Å². The van der Waals surface area contributed by atoms with Gasteiger partial charge in [0.15, 0.2) is 0 Å². The molecule has 1 saturated heterocycles. The summed E-state index contributed by atoms with van der Waals surface area (Å²) in [5, 5.41) is 4.28. The second-order valence-corrected chi connectivity index (χ2v) is 8.74. The average Bonchev–Trinajstić information content (AvgIpc) is 3.13. The Bertz CT molecular complexity index is 894. The van der Waals surface area contributed by atoms with Crippen LogP contribution in [0.25, 0.3) is 0 Å². The zero-order chi connectivity index (χ0) is 18.1. The highest BCUT2D eigenvalue weighted by Gasteiger charge is 2.27. The molecule has 0 spiro atoms. The van der Waals surface area contributed by atoms with E-state index in [2.05, 4.69) is 9.82 Å². The topological polar surface area (TPSA) is 99.2 Å². The Morgan fingerprint density at radius 3 is 2.78 bits per heavy atom. The lowest BCUT2D eigenvalue weighted by Crippen LogP contribution is -2.31. The van der Waals surface area contributed by atoms with Crippen LogP contribution in [-0.4, -0.2) is 31.4 Å². The van der Waals surface area contributed by atoms with Gasteiger partial charge < -0.3 is 10.5 Å². The Balaban J connectivity index is 0.00000210. The molecule has 2 heterocycles. The summed E-state index contributed by atoms with van der Waals surface area (Å²) in [7, 11) is -3.63. The third-order valence-corrected chi connectivity index (χ3v) is 6.66. The van der Waals surface area contributed by atoms with Crippen LogP contribution in [0.4, 0.5) is 5.69 Å². The van der Waals surface area contributed by atoms with Crippen LogP contribution in [0.1, 0.15) is 48.9 Å². The van der Waals surface area contributed by atoms with Gasteiger partial charge in [-0.2, -0.15) is 5.10 Å². The maximum absolute atomic E-state index is 12.9. The lowest BCUT2D eigenvalue weighted by atomic mass is 9.88. The zero-order valence-corrected chi connectivity index (χ0v) is 16.6. The number of nitrogens with zero attached hydrogens (tertiary/aromatic N) is 2. The first-order chi connectivity index (χ1) is 12.5. The van der Waals surface area contributed by atoms with Crippen LogP contribution in [0.3, 0.4) is 0 Å². The molecule has 0 saturated carbocycles. The smallest absolute Gasteiger partial charge is 0.244 e. The van der Waals surface area contributed by atoms with Gasteiger partial charge >= 0.3 is 0 Å². The van der Waals surface area contributed by atoms with Crippen LogP contribution in [-0.2, 0) is 21.2 Å². The Kier molecular flexibility index (Phi) is 6.10. The second-order valence-electron chi connectivity index (χ2n) is 7.02. The number of anilines is 1. The molecular formula is C18H25ClN4O3S. The number of fused-ring (bicyclic) bond motifs is 1. The molecule has 1 aliphatic heterocycles. The number of hydrogen-bond acceptors (Lipinski definition) is 5. The van der Waals surface area contributed by atoms with Crippen molar-refractivity contribution in [1.29, 1.82) is 0 Å². The lowest BCUT2D eigenvalue weighted by Gasteiger charge is -2.26. The summed E-state index contributed by atoms with van der Waals surface area (Å²) in [6.45, 7) is 1.37. The standard InChI is InChI=1S/C18H24N4O3S.ClH/c19-14-4-5-17-13(10-14)2-1-3-18(17)21-26(23,24)16-11-20-22(12-16)15-6-8-25-9-7-15;/h4-5,10-12,15,18,21H,1-3,6-9,19H2;1H. The van der Waals surface area contributed by atoms with Gasteiger partial charge in [0.1, 0.15) is 4.90 Å². The summed E-state index contributed by atoms with van der Waals surface area (Å²) in [6, 6.07) is 5.68. The van der Waals surface area contributed by atoms with E-state index in [1.165, 1.54) is 6.20 Å². The number of aromatic nitrogens is 2. The van der Waals surface area contributed by atoms with E-state index in [1.54, 1.807) is 10.9 Å². The van der Waals surface area contributed by atoms with Crippen LogP contribution < -0.4 is 10.5 Å². The number of ether oxygens (including phenoxy) is 1. The van der Waals surface area contributed by atoms with Crippen molar-refractivity contribution in [2.75, 3.05) is 18.9 Å². The van der Waals surface area contributed by atoms with Gasteiger partial charge in [-0.25, -0.2) is 13.1 Å². The number of nitrogen functional groups attached to an aromatic ring is 1. The second kappa shape index (κ2) is 8.18. The summed E-state index contributed by atoms with van der Waals surface area (Å²) >= 11 is 0. The number of nitrogens with two attached hydrogens (primary N) is 1. The molecule has 3 N–H and O–H groups in total. The minimum Gasteiger partial charge on any atom is -0.399 e.